The number of esters is 1. The molecule has 1 aromatic heterocycles. The van der Waals surface area contributed by atoms with Crippen molar-refractivity contribution in [1.82, 2.24) is 4.57 Å². The Morgan fingerprint density at radius 3 is 1.95 bits per heavy atom. The molecule has 1 heterocycles. The van der Waals surface area contributed by atoms with Crippen LogP contribution in [-0.4, -0.2) is 10.5 Å². The van der Waals surface area contributed by atoms with Crippen molar-refractivity contribution in [2.45, 2.75) is 0 Å². The number of aromatic nitrogens is 1. The van der Waals surface area contributed by atoms with E-state index in [4.69, 9.17) is 0 Å². The van der Waals surface area contributed by atoms with Gasteiger partial charge in [0, 0.05) is 13.2 Å². The number of hydrogen-bond acceptors (Lipinski definition) is 2. The molecule has 0 aliphatic carbocycles. The number of hydrogen-bond donors (Lipinski definition) is 0. The van der Waals surface area contributed by atoms with Crippen LogP contribution in [0.5, 0.6) is 5.75 Å². The van der Waals surface area contributed by atoms with Crippen LogP contribution in [0.4, 0.5) is 22.0 Å². The molecule has 106 valence electrons. The molecule has 0 saturated carbocycles. The van der Waals surface area contributed by atoms with E-state index in [9.17, 15) is 26.7 Å². The predicted octanol–water partition coefficient (Wildman–Crippen LogP) is 2.94. The van der Waals surface area contributed by atoms with Crippen LogP contribution >= 0.6 is 0 Å². The van der Waals surface area contributed by atoms with Gasteiger partial charge in [-0.05, 0) is 12.1 Å². The van der Waals surface area contributed by atoms with Crippen LogP contribution in [0.3, 0.4) is 0 Å². The van der Waals surface area contributed by atoms with Crippen LogP contribution in [-0.2, 0) is 7.05 Å². The molecule has 0 aliphatic rings. The van der Waals surface area contributed by atoms with Gasteiger partial charge in [0.1, 0.15) is 5.69 Å². The molecule has 2 aromatic rings. The third-order valence-electron chi connectivity index (χ3n) is 2.52. The Morgan fingerprint density at radius 2 is 1.50 bits per heavy atom. The highest BCUT2D eigenvalue weighted by molar-refractivity contribution is 5.89. The molecule has 0 spiro atoms. The number of carbonyl (C=O) groups excluding carboxylic acids is 1. The normalized spacial score (nSPS) is 10.7. The largest absolute Gasteiger partial charge is 0.415 e. The summed E-state index contributed by atoms with van der Waals surface area (Å²) in [5.41, 5.74) is -0.117. The van der Waals surface area contributed by atoms with Crippen molar-refractivity contribution < 1.29 is 31.5 Å². The zero-order valence-corrected chi connectivity index (χ0v) is 9.89. The minimum absolute atomic E-state index is 0.117. The van der Waals surface area contributed by atoms with Gasteiger partial charge < -0.3 is 9.30 Å². The van der Waals surface area contributed by atoms with E-state index in [1.807, 2.05) is 0 Å². The van der Waals surface area contributed by atoms with Gasteiger partial charge in [-0.25, -0.2) is 18.0 Å². The van der Waals surface area contributed by atoms with Gasteiger partial charge in [0.15, 0.2) is 0 Å². The molecule has 0 amide bonds. The van der Waals surface area contributed by atoms with E-state index >= 15 is 0 Å². The Labute approximate surface area is 109 Å². The molecule has 0 radical (unpaired) electrons. The molecule has 8 heteroatoms. The van der Waals surface area contributed by atoms with Gasteiger partial charge in [-0.1, -0.05) is 0 Å². The summed E-state index contributed by atoms with van der Waals surface area (Å²) in [6.45, 7) is 0. The van der Waals surface area contributed by atoms with E-state index in [0.717, 1.165) is 0 Å². The average Bonchev–Trinajstić information content (AvgIpc) is 2.85. The molecule has 0 aliphatic heterocycles. The number of benzene rings is 1. The summed E-state index contributed by atoms with van der Waals surface area (Å²) >= 11 is 0. The van der Waals surface area contributed by atoms with E-state index in [1.165, 1.54) is 29.9 Å². The van der Waals surface area contributed by atoms with Crippen LogP contribution in [0.1, 0.15) is 10.5 Å². The Morgan fingerprint density at radius 1 is 1.00 bits per heavy atom. The third kappa shape index (κ3) is 2.13. The molecule has 0 saturated heterocycles. The molecule has 0 fully saturated rings. The predicted molar refractivity (Wildman–Crippen MR) is 56.6 cm³/mol. The lowest BCUT2D eigenvalue weighted by Crippen LogP contribution is -2.16. The van der Waals surface area contributed by atoms with E-state index in [2.05, 4.69) is 4.74 Å². The van der Waals surface area contributed by atoms with Crippen LogP contribution in [0.25, 0.3) is 0 Å². The summed E-state index contributed by atoms with van der Waals surface area (Å²) in [6, 6.07) is 2.70. The lowest BCUT2D eigenvalue weighted by atomic mass is 10.2. The highest BCUT2D eigenvalue weighted by Crippen LogP contribution is 2.29. The molecule has 0 atom stereocenters. The second kappa shape index (κ2) is 4.95. The Balaban J connectivity index is 2.45. The molecule has 1 aromatic carbocycles. The molecule has 20 heavy (non-hydrogen) atoms. The smallest absolute Gasteiger partial charge is 0.360 e. The zero-order chi connectivity index (χ0) is 15.0. The van der Waals surface area contributed by atoms with Crippen LogP contribution in [0, 0.1) is 29.1 Å². The fourth-order valence-electron chi connectivity index (χ4n) is 1.49. The highest BCUT2D eigenvalue weighted by Gasteiger charge is 2.29. The van der Waals surface area contributed by atoms with Crippen molar-refractivity contribution >= 4 is 5.97 Å². The average molecular weight is 291 g/mol. The van der Waals surface area contributed by atoms with Crippen LogP contribution in [0.2, 0.25) is 0 Å². The zero-order valence-electron chi connectivity index (χ0n) is 9.89. The first-order valence-corrected chi connectivity index (χ1v) is 5.19. The minimum atomic E-state index is -2.32. The summed E-state index contributed by atoms with van der Waals surface area (Å²) in [5, 5.41) is 0. The van der Waals surface area contributed by atoms with Crippen molar-refractivity contribution in [3.63, 3.8) is 0 Å². The fraction of sp³-hybridized carbons (Fsp3) is 0.0833. The van der Waals surface area contributed by atoms with Crippen molar-refractivity contribution in [1.29, 1.82) is 0 Å². The summed E-state index contributed by atoms with van der Waals surface area (Å²) in [7, 11) is 1.44. The number of ether oxygens (including phenoxy) is 1. The summed E-state index contributed by atoms with van der Waals surface area (Å²) in [4.78, 5) is 11.6. The Hall–Kier alpha value is -2.38. The molecule has 3 nitrogen and oxygen atoms in total. The number of halogens is 5. The SMILES string of the molecule is Cn1cccc1C(=O)Oc1c(F)c(F)c(F)c(F)c1F. The standard InChI is InChI=1S/C12H6F5NO2/c1-18-4-2-3-5(18)12(19)20-11-9(16)7(14)6(13)8(15)10(11)17/h2-4H,1H3. The fourth-order valence-corrected chi connectivity index (χ4v) is 1.49. The molecule has 0 N–H and O–H groups in total. The Kier molecular flexibility index (Phi) is 3.47. The highest BCUT2D eigenvalue weighted by atomic mass is 19.2. The molecular weight excluding hydrogens is 285 g/mol. The van der Waals surface area contributed by atoms with Gasteiger partial charge >= 0.3 is 5.97 Å². The van der Waals surface area contributed by atoms with Gasteiger partial charge in [0.2, 0.25) is 34.8 Å². The van der Waals surface area contributed by atoms with Gasteiger partial charge in [-0.3, -0.25) is 0 Å². The lowest BCUT2D eigenvalue weighted by molar-refractivity contribution is 0.0706. The lowest BCUT2D eigenvalue weighted by Gasteiger charge is -2.09. The molecule has 2 rings (SSSR count). The van der Waals surface area contributed by atoms with Gasteiger partial charge in [0.05, 0.1) is 0 Å². The summed E-state index contributed by atoms with van der Waals surface area (Å²) < 4.78 is 70.8. The minimum Gasteiger partial charge on any atom is -0.415 e. The first kappa shape index (κ1) is 14.0. The second-order valence-electron chi connectivity index (χ2n) is 3.79. The molecule has 0 bridgehead atoms. The van der Waals surface area contributed by atoms with Gasteiger partial charge in [-0.2, -0.15) is 8.78 Å². The maximum absolute atomic E-state index is 13.3. The number of aryl methyl sites for hydroxylation is 1. The van der Waals surface area contributed by atoms with Gasteiger partial charge in [-0.15, -0.1) is 0 Å². The first-order chi connectivity index (χ1) is 9.34. The van der Waals surface area contributed by atoms with Crippen molar-refractivity contribution in [2.24, 2.45) is 7.05 Å². The first-order valence-electron chi connectivity index (χ1n) is 5.19. The Bertz CT molecular complexity index is 666. The van der Waals surface area contributed by atoms with E-state index < -0.39 is 40.8 Å². The quantitative estimate of drug-likeness (QED) is 0.280. The van der Waals surface area contributed by atoms with Crippen LogP contribution in [0.15, 0.2) is 18.3 Å². The van der Waals surface area contributed by atoms with E-state index in [0.29, 0.717) is 0 Å². The van der Waals surface area contributed by atoms with E-state index in [-0.39, 0.29) is 5.69 Å². The molecule has 0 unspecified atom stereocenters. The molecular formula is C12H6F5NO2. The number of rotatable bonds is 2. The van der Waals surface area contributed by atoms with Crippen molar-refractivity contribution in [2.75, 3.05) is 0 Å². The van der Waals surface area contributed by atoms with Crippen molar-refractivity contribution in [3.8, 4) is 5.75 Å². The van der Waals surface area contributed by atoms with Gasteiger partial charge in [0.25, 0.3) is 0 Å². The van der Waals surface area contributed by atoms with Crippen LogP contribution < -0.4 is 4.74 Å². The summed E-state index contributed by atoms with van der Waals surface area (Å²) in [6.07, 6.45) is 1.44. The second-order valence-corrected chi connectivity index (χ2v) is 3.79. The monoisotopic (exact) mass is 291 g/mol. The van der Waals surface area contributed by atoms with E-state index in [1.54, 1.807) is 0 Å². The summed E-state index contributed by atoms with van der Waals surface area (Å²) in [5.74, 6) is -14.0. The van der Waals surface area contributed by atoms with Crippen molar-refractivity contribution in [3.05, 3.63) is 53.1 Å². The number of nitrogens with zero attached hydrogens (tertiary/aromatic N) is 1. The maximum Gasteiger partial charge on any atom is 0.360 e. The maximum atomic E-state index is 13.3. The number of carbonyl (C=O) groups is 1. The third-order valence-corrected chi connectivity index (χ3v) is 2.52. The topological polar surface area (TPSA) is 31.2 Å².